The summed E-state index contributed by atoms with van der Waals surface area (Å²) in [5.74, 6) is -3.12. The minimum Gasteiger partial charge on any atom is -0.422 e. The number of nitro benzene ring substituents is 1. The number of benzene rings is 1. The molecule has 128 valence electrons. The summed E-state index contributed by atoms with van der Waals surface area (Å²) in [5, 5.41) is 11.3. The second-order valence-electron chi connectivity index (χ2n) is 4.83. The van der Waals surface area contributed by atoms with Crippen LogP contribution >= 0.6 is 0 Å². The van der Waals surface area contributed by atoms with Gasteiger partial charge in [-0.15, -0.1) is 0 Å². The van der Waals surface area contributed by atoms with E-state index in [1.54, 1.807) is 0 Å². The summed E-state index contributed by atoms with van der Waals surface area (Å²) >= 11 is 0. The van der Waals surface area contributed by atoms with Gasteiger partial charge in [-0.1, -0.05) is 0 Å². The van der Waals surface area contributed by atoms with Gasteiger partial charge in [0.15, 0.2) is 11.5 Å². The van der Waals surface area contributed by atoms with Crippen LogP contribution in [0.25, 0.3) is 0 Å². The van der Waals surface area contributed by atoms with Crippen LogP contribution < -0.4 is 9.47 Å². The van der Waals surface area contributed by atoms with E-state index in [9.17, 15) is 24.5 Å². The molecule has 1 aromatic heterocycles. The lowest BCUT2D eigenvalue weighted by atomic mass is 10.0. The average Bonchev–Trinajstić information content (AvgIpc) is 2.55. The highest BCUT2D eigenvalue weighted by Gasteiger charge is 2.27. The molecular weight excluding hydrogens is 332 g/mol. The zero-order valence-electron chi connectivity index (χ0n) is 13.2. The molecule has 1 heterocycles. The topological polar surface area (TPSA) is 126 Å². The molecule has 0 radical (unpaired) electrons. The molecule has 9 heteroatoms. The number of aromatic nitrogens is 1. The molecule has 0 aliphatic carbocycles. The van der Waals surface area contributed by atoms with Crippen molar-refractivity contribution in [3.63, 3.8) is 0 Å². The van der Waals surface area contributed by atoms with E-state index in [1.807, 2.05) is 0 Å². The first-order valence-corrected chi connectivity index (χ1v) is 6.93. The van der Waals surface area contributed by atoms with Crippen molar-refractivity contribution in [3.8, 4) is 11.5 Å². The molecule has 9 nitrogen and oxygen atoms in total. The predicted molar refractivity (Wildman–Crippen MR) is 83.4 cm³/mol. The fourth-order valence-corrected chi connectivity index (χ4v) is 2.00. The van der Waals surface area contributed by atoms with E-state index in [2.05, 4.69) is 4.98 Å². The lowest BCUT2D eigenvalue weighted by molar-refractivity contribution is -0.385. The number of ether oxygens (including phenoxy) is 2. The number of pyridine rings is 1. The van der Waals surface area contributed by atoms with E-state index in [1.165, 1.54) is 24.5 Å². The molecule has 0 unspecified atom stereocenters. The molecular formula is C16H12N2O7. The number of rotatable bonds is 5. The van der Waals surface area contributed by atoms with Crippen molar-refractivity contribution in [2.24, 2.45) is 0 Å². The van der Waals surface area contributed by atoms with Crippen molar-refractivity contribution in [3.05, 3.63) is 57.9 Å². The Morgan fingerprint density at radius 3 is 2.12 bits per heavy atom. The Morgan fingerprint density at radius 2 is 1.60 bits per heavy atom. The molecule has 0 saturated heterocycles. The third kappa shape index (κ3) is 4.22. The number of esters is 2. The molecule has 0 aliphatic rings. The zero-order chi connectivity index (χ0) is 18.6. The normalized spacial score (nSPS) is 10.0. The van der Waals surface area contributed by atoms with E-state index in [0.717, 1.165) is 26.0 Å². The number of carbonyl (C=O) groups is 3. The van der Waals surface area contributed by atoms with Gasteiger partial charge in [0, 0.05) is 43.4 Å². The minimum atomic E-state index is -0.843. The molecule has 2 rings (SSSR count). The van der Waals surface area contributed by atoms with Gasteiger partial charge in [0.05, 0.1) is 4.92 Å². The van der Waals surface area contributed by atoms with Crippen LogP contribution in [0.5, 0.6) is 11.5 Å². The van der Waals surface area contributed by atoms with Gasteiger partial charge in [0.1, 0.15) is 0 Å². The summed E-state index contributed by atoms with van der Waals surface area (Å²) in [6, 6.07) is 4.92. The van der Waals surface area contributed by atoms with Crippen LogP contribution in [0.4, 0.5) is 5.69 Å². The SMILES string of the molecule is CC(=O)Oc1cc(C(=O)c2ccncc2)cc([N+](=O)[O-])c1OC(C)=O. The summed E-state index contributed by atoms with van der Waals surface area (Å²) in [7, 11) is 0. The zero-order valence-corrected chi connectivity index (χ0v) is 13.2. The summed E-state index contributed by atoms with van der Waals surface area (Å²) in [6.07, 6.45) is 2.78. The monoisotopic (exact) mass is 344 g/mol. The van der Waals surface area contributed by atoms with Crippen molar-refractivity contribution in [2.45, 2.75) is 13.8 Å². The number of nitro groups is 1. The smallest absolute Gasteiger partial charge is 0.316 e. The second-order valence-corrected chi connectivity index (χ2v) is 4.83. The molecule has 0 atom stereocenters. The van der Waals surface area contributed by atoms with Crippen molar-refractivity contribution in [1.29, 1.82) is 0 Å². The first kappa shape index (κ1) is 17.7. The molecule has 0 amide bonds. The summed E-state index contributed by atoms with van der Waals surface area (Å²) in [6.45, 7) is 2.11. The van der Waals surface area contributed by atoms with Crippen LogP contribution in [0.2, 0.25) is 0 Å². The molecule has 0 N–H and O–H groups in total. The fraction of sp³-hybridized carbons (Fsp3) is 0.125. The van der Waals surface area contributed by atoms with Crippen LogP contribution in [-0.4, -0.2) is 27.6 Å². The third-order valence-electron chi connectivity index (χ3n) is 2.94. The Hall–Kier alpha value is -3.62. The highest BCUT2D eigenvalue weighted by Crippen LogP contribution is 2.39. The average molecular weight is 344 g/mol. The fourth-order valence-electron chi connectivity index (χ4n) is 2.00. The molecule has 2 aromatic rings. The number of hydrogen-bond donors (Lipinski definition) is 0. The van der Waals surface area contributed by atoms with E-state index in [4.69, 9.17) is 9.47 Å². The van der Waals surface area contributed by atoms with E-state index in [-0.39, 0.29) is 11.1 Å². The standard InChI is InChI=1S/C16H12N2O7/c1-9(19)24-14-8-12(15(21)11-3-5-17-6-4-11)7-13(18(22)23)16(14)25-10(2)20/h3-8H,1-2H3. The summed E-state index contributed by atoms with van der Waals surface area (Å²) < 4.78 is 9.68. The quantitative estimate of drug-likeness (QED) is 0.265. The van der Waals surface area contributed by atoms with Crippen molar-refractivity contribution >= 4 is 23.4 Å². The first-order chi connectivity index (χ1) is 11.8. The minimum absolute atomic E-state index is 0.106. The van der Waals surface area contributed by atoms with Crippen LogP contribution in [0.15, 0.2) is 36.7 Å². The highest BCUT2D eigenvalue weighted by molar-refractivity contribution is 6.09. The van der Waals surface area contributed by atoms with E-state index < -0.39 is 39.8 Å². The van der Waals surface area contributed by atoms with E-state index >= 15 is 0 Å². The number of ketones is 1. The Kier molecular flexibility index (Phi) is 5.18. The van der Waals surface area contributed by atoms with Crippen molar-refractivity contribution in [2.75, 3.05) is 0 Å². The molecule has 0 spiro atoms. The lowest BCUT2D eigenvalue weighted by Crippen LogP contribution is -2.11. The van der Waals surface area contributed by atoms with Gasteiger partial charge in [-0.05, 0) is 18.2 Å². The van der Waals surface area contributed by atoms with Gasteiger partial charge in [0.25, 0.3) is 5.75 Å². The van der Waals surface area contributed by atoms with Gasteiger partial charge in [-0.3, -0.25) is 29.5 Å². The van der Waals surface area contributed by atoms with Crippen molar-refractivity contribution in [1.82, 2.24) is 4.98 Å². The Labute approximate surface area is 141 Å². The Morgan fingerprint density at radius 1 is 1.00 bits per heavy atom. The maximum atomic E-state index is 12.5. The summed E-state index contributed by atoms with van der Waals surface area (Å²) in [5.41, 5.74) is -0.547. The van der Waals surface area contributed by atoms with Crippen LogP contribution in [0, 0.1) is 10.1 Å². The Bertz CT molecular complexity index is 862. The van der Waals surface area contributed by atoms with Crippen LogP contribution in [0.1, 0.15) is 29.8 Å². The van der Waals surface area contributed by atoms with Gasteiger partial charge in [-0.25, -0.2) is 0 Å². The van der Waals surface area contributed by atoms with Gasteiger partial charge in [-0.2, -0.15) is 0 Å². The third-order valence-corrected chi connectivity index (χ3v) is 2.94. The van der Waals surface area contributed by atoms with Gasteiger partial charge >= 0.3 is 17.6 Å². The second kappa shape index (κ2) is 7.30. The lowest BCUT2D eigenvalue weighted by Gasteiger charge is -2.11. The maximum absolute atomic E-state index is 12.5. The highest BCUT2D eigenvalue weighted by atomic mass is 16.6. The van der Waals surface area contributed by atoms with Gasteiger partial charge in [0.2, 0.25) is 0 Å². The Balaban J connectivity index is 2.64. The molecule has 0 saturated carbocycles. The van der Waals surface area contributed by atoms with Gasteiger partial charge < -0.3 is 9.47 Å². The molecule has 25 heavy (non-hydrogen) atoms. The number of carbonyl (C=O) groups excluding carboxylic acids is 3. The number of nitrogens with zero attached hydrogens (tertiary/aromatic N) is 2. The molecule has 0 bridgehead atoms. The predicted octanol–water partition coefficient (Wildman–Crippen LogP) is 2.07. The van der Waals surface area contributed by atoms with E-state index in [0.29, 0.717) is 0 Å². The number of hydrogen-bond acceptors (Lipinski definition) is 8. The molecule has 0 fully saturated rings. The van der Waals surface area contributed by atoms with Crippen molar-refractivity contribution < 1.29 is 28.8 Å². The first-order valence-electron chi connectivity index (χ1n) is 6.93. The van der Waals surface area contributed by atoms with Crippen LogP contribution in [-0.2, 0) is 9.59 Å². The molecule has 0 aliphatic heterocycles. The summed E-state index contributed by atoms with van der Waals surface area (Å²) in [4.78, 5) is 49.2. The van der Waals surface area contributed by atoms with Crippen LogP contribution in [0.3, 0.4) is 0 Å². The molecule has 1 aromatic carbocycles. The maximum Gasteiger partial charge on any atom is 0.316 e. The largest absolute Gasteiger partial charge is 0.422 e.